The van der Waals surface area contributed by atoms with E-state index >= 15 is 0 Å². The molecule has 132 valence electrons. The van der Waals surface area contributed by atoms with Crippen molar-refractivity contribution < 1.29 is 14.3 Å². The molecule has 1 aromatic heterocycles. The van der Waals surface area contributed by atoms with Gasteiger partial charge in [0.15, 0.2) is 0 Å². The highest BCUT2D eigenvalue weighted by atomic mass is 35.5. The highest BCUT2D eigenvalue weighted by Gasteiger charge is 2.17. The minimum absolute atomic E-state index is 0.229. The van der Waals surface area contributed by atoms with Crippen molar-refractivity contribution in [2.75, 3.05) is 18.2 Å². The Balaban J connectivity index is 2.03. The molecule has 0 spiro atoms. The van der Waals surface area contributed by atoms with Crippen LogP contribution in [0.25, 0.3) is 10.8 Å². The number of carbonyl (C=O) groups is 2. The molecule has 26 heavy (non-hydrogen) atoms. The number of nitrogens with zero attached hydrogens (tertiary/aromatic N) is 1. The van der Waals surface area contributed by atoms with E-state index in [-0.39, 0.29) is 11.3 Å². The van der Waals surface area contributed by atoms with E-state index in [4.69, 9.17) is 17.3 Å². The van der Waals surface area contributed by atoms with Crippen LogP contribution in [0.1, 0.15) is 26.4 Å². The second kappa shape index (κ2) is 7.01. The topological polar surface area (TPSA) is 94.3 Å². The van der Waals surface area contributed by atoms with E-state index < -0.39 is 11.9 Å². The van der Waals surface area contributed by atoms with Gasteiger partial charge in [0.05, 0.1) is 23.4 Å². The van der Waals surface area contributed by atoms with E-state index in [0.29, 0.717) is 21.8 Å². The summed E-state index contributed by atoms with van der Waals surface area (Å²) in [5, 5.41) is 4.42. The molecule has 0 aliphatic rings. The number of aromatic nitrogens is 1. The van der Waals surface area contributed by atoms with Crippen molar-refractivity contribution in [2.45, 2.75) is 6.92 Å². The quantitative estimate of drug-likeness (QED) is 0.540. The number of methoxy groups -OCH3 is 1. The molecule has 0 saturated heterocycles. The van der Waals surface area contributed by atoms with E-state index in [0.717, 1.165) is 10.9 Å². The predicted molar refractivity (Wildman–Crippen MR) is 102 cm³/mol. The number of carbonyl (C=O) groups excluding carboxylic acids is 2. The minimum atomic E-state index is -0.524. The SMILES string of the molecule is COC(=O)c1ccc(Cl)c(NC(=O)c2nccc3c(N)ccc(C)c23)c1. The number of rotatable bonds is 3. The van der Waals surface area contributed by atoms with Gasteiger partial charge in [0.1, 0.15) is 5.69 Å². The van der Waals surface area contributed by atoms with Gasteiger partial charge < -0.3 is 15.8 Å². The molecule has 2 aromatic carbocycles. The monoisotopic (exact) mass is 369 g/mol. The Kier molecular flexibility index (Phi) is 4.77. The molecule has 6 nitrogen and oxygen atoms in total. The number of hydrogen-bond donors (Lipinski definition) is 2. The molecular weight excluding hydrogens is 354 g/mol. The Morgan fingerprint density at radius 1 is 1.19 bits per heavy atom. The minimum Gasteiger partial charge on any atom is -0.465 e. The summed E-state index contributed by atoms with van der Waals surface area (Å²) in [6.07, 6.45) is 1.53. The van der Waals surface area contributed by atoms with Gasteiger partial charge >= 0.3 is 5.97 Å². The Bertz CT molecular complexity index is 1030. The number of amides is 1. The zero-order valence-corrected chi connectivity index (χ0v) is 14.9. The average Bonchev–Trinajstić information content (AvgIpc) is 2.65. The van der Waals surface area contributed by atoms with Gasteiger partial charge in [-0.2, -0.15) is 0 Å². The van der Waals surface area contributed by atoms with E-state index in [1.165, 1.54) is 31.5 Å². The molecule has 0 bridgehead atoms. The standard InChI is InChI=1S/C19H16ClN3O3/c1-10-3-6-14(21)12-7-8-22-17(16(10)12)18(24)23-15-9-11(19(25)26-2)4-5-13(15)20/h3-9H,21H2,1-2H3,(H,23,24). The summed E-state index contributed by atoms with van der Waals surface area (Å²) < 4.78 is 4.69. The van der Waals surface area contributed by atoms with Gasteiger partial charge in [0.25, 0.3) is 5.91 Å². The molecule has 0 aliphatic heterocycles. The van der Waals surface area contributed by atoms with Crippen LogP contribution < -0.4 is 11.1 Å². The molecule has 7 heteroatoms. The molecule has 1 heterocycles. The Labute approximate surface area is 154 Å². The number of nitrogens with one attached hydrogen (secondary N) is 1. The van der Waals surface area contributed by atoms with Crippen LogP contribution in [-0.4, -0.2) is 24.0 Å². The first-order chi connectivity index (χ1) is 12.4. The van der Waals surface area contributed by atoms with Crippen LogP contribution in [0.15, 0.2) is 42.6 Å². The third-order valence-corrected chi connectivity index (χ3v) is 4.35. The third-order valence-electron chi connectivity index (χ3n) is 4.02. The fourth-order valence-corrected chi connectivity index (χ4v) is 2.87. The first kappa shape index (κ1) is 17.7. The van der Waals surface area contributed by atoms with Crippen molar-refractivity contribution in [1.82, 2.24) is 4.98 Å². The molecule has 0 unspecified atom stereocenters. The van der Waals surface area contributed by atoms with Gasteiger partial charge in [-0.1, -0.05) is 17.7 Å². The number of ether oxygens (including phenoxy) is 1. The summed E-state index contributed by atoms with van der Waals surface area (Å²) in [5.74, 6) is -0.975. The highest BCUT2D eigenvalue weighted by Crippen LogP contribution is 2.28. The second-order valence-corrected chi connectivity index (χ2v) is 6.10. The molecule has 0 fully saturated rings. The maximum atomic E-state index is 12.8. The summed E-state index contributed by atoms with van der Waals surface area (Å²) in [6, 6.07) is 9.88. The number of halogens is 1. The Morgan fingerprint density at radius 3 is 2.69 bits per heavy atom. The first-order valence-corrected chi connectivity index (χ1v) is 8.13. The van der Waals surface area contributed by atoms with Gasteiger partial charge in [-0.05, 0) is 42.8 Å². The normalized spacial score (nSPS) is 10.6. The summed E-state index contributed by atoms with van der Waals surface area (Å²) in [4.78, 5) is 28.7. The maximum absolute atomic E-state index is 12.8. The van der Waals surface area contributed by atoms with Crippen molar-refractivity contribution >= 4 is 45.6 Å². The van der Waals surface area contributed by atoms with Crippen LogP contribution in [0.4, 0.5) is 11.4 Å². The molecular formula is C19H16ClN3O3. The molecule has 0 atom stereocenters. The van der Waals surface area contributed by atoms with Gasteiger partial charge in [-0.15, -0.1) is 0 Å². The van der Waals surface area contributed by atoms with Crippen LogP contribution in [0, 0.1) is 6.92 Å². The number of nitrogen functional groups attached to an aromatic ring is 1. The third kappa shape index (κ3) is 3.19. The van der Waals surface area contributed by atoms with Crippen molar-refractivity contribution in [3.8, 4) is 0 Å². The number of anilines is 2. The van der Waals surface area contributed by atoms with E-state index in [1.807, 2.05) is 13.0 Å². The second-order valence-electron chi connectivity index (χ2n) is 5.69. The zero-order valence-electron chi connectivity index (χ0n) is 14.2. The van der Waals surface area contributed by atoms with Gasteiger partial charge in [0.2, 0.25) is 0 Å². The smallest absolute Gasteiger partial charge is 0.337 e. The number of benzene rings is 2. The lowest BCUT2D eigenvalue weighted by atomic mass is 10.0. The maximum Gasteiger partial charge on any atom is 0.337 e. The van der Waals surface area contributed by atoms with Crippen molar-refractivity contribution in [3.63, 3.8) is 0 Å². The molecule has 0 saturated carbocycles. The van der Waals surface area contributed by atoms with Crippen molar-refractivity contribution in [1.29, 1.82) is 0 Å². The molecule has 0 aliphatic carbocycles. The molecule has 1 amide bonds. The number of aryl methyl sites for hydroxylation is 1. The molecule has 3 rings (SSSR count). The zero-order chi connectivity index (χ0) is 18.8. The lowest BCUT2D eigenvalue weighted by Gasteiger charge is -2.12. The number of fused-ring (bicyclic) bond motifs is 1. The molecule has 3 N–H and O–H groups in total. The van der Waals surface area contributed by atoms with E-state index in [1.54, 1.807) is 12.1 Å². The first-order valence-electron chi connectivity index (χ1n) is 7.75. The van der Waals surface area contributed by atoms with Crippen LogP contribution in [0.2, 0.25) is 5.02 Å². The van der Waals surface area contributed by atoms with E-state index in [2.05, 4.69) is 15.0 Å². The van der Waals surface area contributed by atoms with E-state index in [9.17, 15) is 9.59 Å². The van der Waals surface area contributed by atoms with Crippen LogP contribution in [0.5, 0.6) is 0 Å². The Hall–Kier alpha value is -3.12. The number of hydrogen-bond acceptors (Lipinski definition) is 5. The largest absolute Gasteiger partial charge is 0.465 e. The lowest BCUT2D eigenvalue weighted by Crippen LogP contribution is -2.15. The molecule has 0 radical (unpaired) electrons. The van der Waals surface area contributed by atoms with Crippen LogP contribution >= 0.6 is 11.6 Å². The van der Waals surface area contributed by atoms with Gasteiger partial charge in [-0.3, -0.25) is 9.78 Å². The van der Waals surface area contributed by atoms with Crippen LogP contribution in [0.3, 0.4) is 0 Å². The summed E-state index contributed by atoms with van der Waals surface area (Å²) in [5.41, 5.74) is 8.24. The number of pyridine rings is 1. The summed E-state index contributed by atoms with van der Waals surface area (Å²) in [7, 11) is 1.28. The Morgan fingerprint density at radius 2 is 1.96 bits per heavy atom. The van der Waals surface area contributed by atoms with Crippen molar-refractivity contribution in [2.24, 2.45) is 0 Å². The van der Waals surface area contributed by atoms with Gasteiger partial charge in [-0.25, -0.2) is 4.79 Å². The average molecular weight is 370 g/mol. The lowest BCUT2D eigenvalue weighted by molar-refractivity contribution is 0.0600. The fourth-order valence-electron chi connectivity index (χ4n) is 2.71. The molecule has 3 aromatic rings. The van der Waals surface area contributed by atoms with Gasteiger partial charge in [0, 0.05) is 22.7 Å². The van der Waals surface area contributed by atoms with Crippen LogP contribution in [-0.2, 0) is 4.74 Å². The number of nitrogens with two attached hydrogens (primary N) is 1. The predicted octanol–water partition coefficient (Wildman–Crippen LogP) is 3.82. The fraction of sp³-hybridized carbons (Fsp3) is 0.105. The number of esters is 1. The van der Waals surface area contributed by atoms with Crippen molar-refractivity contribution in [3.05, 3.63) is 64.4 Å². The highest BCUT2D eigenvalue weighted by molar-refractivity contribution is 6.34. The summed E-state index contributed by atoms with van der Waals surface area (Å²) >= 11 is 6.14. The summed E-state index contributed by atoms with van der Waals surface area (Å²) in [6.45, 7) is 1.88.